The SMILES string of the molecule is CC1(c2ccc(F)c(F)c2)CC(O)CCO1. The zero-order valence-electron chi connectivity index (χ0n) is 9.04. The lowest BCUT2D eigenvalue weighted by molar-refractivity contribution is -0.112. The molecular formula is C12H14F2O2. The Morgan fingerprint density at radius 3 is 2.75 bits per heavy atom. The molecule has 2 unspecified atom stereocenters. The van der Waals surface area contributed by atoms with Gasteiger partial charge in [0.15, 0.2) is 11.6 Å². The van der Waals surface area contributed by atoms with E-state index in [-0.39, 0.29) is 0 Å². The number of halogens is 2. The van der Waals surface area contributed by atoms with Crippen molar-refractivity contribution in [2.45, 2.75) is 31.5 Å². The third kappa shape index (κ3) is 2.08. The van der Waals surface area contributed by atoms with Crippen LogP contribution in [0.15, 0.2) is 18.2 Å². The standard InChI is InChI=1S/C12H14F2O2/c1-12(7-9(15)4-5-16-12)8-2-3-10(13)11(14)6-8/h2-3,6,9,15H,4-5,7H2,1H3. The molecule has 0 saturated carbocycles. The predicted molar refractivity (Wildman–Crippen MR) is 54.9 cm³/mol. The lowest BCUT2D eigenvalue weighted by Crippen LogP contribution is -2.37. The molecular weight excluding hydrogens is 214 g/mol. The molecule has 1 saturated heterocycles. The lowest BCUT2D eigenvalue weighted by Gasteiger charge is -2.36. The summed E-state index contributed by atoms with van der Waals surface area (Å²) >= 11 is 0. The molecule has 1 fully saturated rings. The highest BCUT2D eigenvalue weighted by atomic mass is 19.2. The van der Waals surface area contributed by atoms with Crippen molar-refractivity contribution in [2.75, 3.05) is 6.61 Å². The summed E-state index contributed by atoms with van der Waals surface area (Å²) in [6, 6.07) is 3.71. The average Bonchev–Trinajstić information content (AvgIpc) is 2.21. The zero-order valence-corrected chi connectivity index (χ0v) is 9.04. The lowest BCUT2D eigenvalue weighted by atomic mass is 9.87. The first-order valence-electron chi connectivity index (χ1n) is 5.29. The van der Waals surface area contributed by atoms with Gasteiger partial charge in [-0.25, -0.2) is 8.78 Å². The summed E-state index contributed by atoms with van der Waals surface area (Å²) in [5.74, 6) is -1.76. The molecule has 1 aromatic rings. The van der Waals surface area contributed by atoms with Crippen LogP contribution in [0.4, 0.5) is 8.78 Å². The number of aliphatic hydroxyl groups is 1. The Bertz CT molecular complexity index is 395. The van der Waals surface area contributed by atoms with Crippen LogP contribution in [0.1, 0.15) is 25.3 Å². The van der Waals surface area contributed by atoms with Crippen molar-refractivity contribution in [3.63, 3.8) is 0 Å². The molecule has 0 aliphatic carbocycles. The molecule has 0 radical (unpaired) electrons. The summed E-state index contributed by atoms with van der Waals surface area (Å²) in [7, 11) is 0. The van der Waals surface area contributed by atoms with Gasteiger partial charge in [-0.05, 0) is 31.0 Å². The van der Waals surface area contributed by atoms with Crippen LogP contribution in [-0.2, 0) is 10.3 Å². The van der Waals surface area contributed by atoms with Gasteiger partial charge < -0.3 is 9.84 Å². The zero-order chi connectivity index (χ0) is 11.8. The van der Waals surface area contributed by atoms with Crippen molar-refractivity contribution in [3.8, 4) is 0 Å². The Morgan fingerprint density at radius 2 is 2.12 bits per heavy atom. The quantitative estimate of drug-likeness (QED) is 0.799. The predicted octanol–water partition coefficient (Wildman–Crippen LogP) is 2.35. The molecule has 16 heavy (non-hydrogen) atoms. The minimum Gasteiger partial charge on any atom is -0.393 e. The minimum atomic E-state index is -0.887. The Kier molecular flexibility index (Phi) is 2.95. The van der Waals surface area contributed by atoms with Crippen LogP contribution in [0.5, 0.6) is 0 Å². The molecule has 88 valence electrons. The van der Waals surface area contributed by atoms with E-state index in [1.54, 1.807) is 6.92 Å². The van der Waals surface area contributed by atoms with E-state index in [9.17, 15) is 13.9 Å². The van der Waals surface area contributed by atoms with Crippen LogP contribution in [0.25, 0.3) is 0 Å². The van der Waals surface area contributed by atoms with Crippen molar-refractivity contribution in [2.24, 2.45) is 0 Å². The average molecular weight is 228 g/mol. The van der Waals surface area contributed by atoms with Crippen LogP contribution >= 0.6 is 0 Å². The van der Waals surface area contributed by atoms with E-state index in [4.69, 9.17) is 4.74 Å². The second-order valence-electron chi connectivity index (χ2n) is 4.35. The highest BCUT2D eigenvalue weighted by Gasteiger charge is 2.34. The van der Waals surface area contributed by atoms with E-state index < -0.39 is 23.3 Å². The fourth-order valence-corrected chi connectivity index (χ4v) is 2.06. The van der Waals surface area contributed by atoms with Crippen molar-refractivity contribution >= 4 is 0 Å². The summed E-state index contributed by atoms with van der Waals surface area (Å²) in [6.45, 7) is 2.21. The first-order chi connectivity index (χ1) is 7.51. The van der Waals surface area contributed by atoms with Crippen molar-refractivity contribution in [1.82, 2.24) is 0 Å². The Hall–Kier alpha value is -1.00. The molecule has 4 heteroatoms. The van der Waals surface area contributed by atoms with E-state index in [1.165, 1.54) is 6.07 Å². The van der Waals surface area contributed by atoms with Gasteiger partial charge in [-0.3, -0.25) is 0 Å². The van der Waals surface area contributed by atoms with Gasteiger partial charge in [0.25, 0.3) is 0 Å². The van der Waals surface area contributed by atoms with Gasteiger partial charge in [-0.15, -0.1) is 0 Å². The van der Waals surface area contributed by atoms with Crippen LogP contribution in [-0.4, -0.2) is 17.8 Å². The molecule has 1 aliphatic rings. The van der Waals surface area contributed by atoms with E-state index in [2.05, 4.69) is 0 Å². The van der Waals surface area contributed by atoms with E-state index in [0.717, 1.165) is 12.1 Å². The maximum absolute atomic E-state index is 13.1. The van der Waals surface area contributed by atoms with Gasteiger partial charge >= 0.3 is 0 Å². The van der Waals surface area contributed by atoms with E-state index >= 15 is 0 Å². The summed E-state index contributed by atoms with van der Waals surface area (Å²) in [4.78, 5) is 0. The number of rotatable bonds is 1. The van der Waals surface area contributed by atoms with Gasteiger partial charge in [0.2, 0.25) is 0 Å². The number of aliphatic hydroxyl groups excluding tert-OH is 1. The van der Waals surface area contributed by atoms with Gasteiger partial charge in [0.1, 0.15) is 0 Å². The number of hydrogen-bond acceptors (Lipinski definition) is 2. The van der Waals surface area contributed by atoms with Crippen LogP contribution in [0.2, 0.25) is 0 Å². The molecule has 0 amide bonds. The smallest absolute Gasteiger partial charge is 0.159 e. The Morgan fingerprint density at radius 1 is 1.38 bits per heavy atom. The number of ether oxygens (including phenoxy) is 1. The fraction of sp³-hybridized carbons (Fsp3) is 0.500. The normalized spacial score (nSPS) is 30.4. The maximum Gasteiger partial charge on any atom is 0.159 e. The van der Waals surface area contributed by atoms with E-state index in [0.29, 0.717) is 25.0 Å². The molecule has 0 aromatic heterocycles. The van der Waals surface area contributed by atoms with Gasteiger partial charge in [0.05, 0.1) is 18.3 Å². The second kappa shape index (κ2) is 4.11. The summed E-state index contributed by atoms with van der Waals surface area (Å²) < 4.78 is 31.5. The largest absolute Gasteiger partial charge is 0.393 e. The van der Waals surface area contributed by atoms with Crippen molar-refractivity contribution in [3.05, 3.63) is 35.4 Å². The molecule has 2 atom stereocenters. The molecule has 1 aromatic carbocycles. The first-order valence-corrected chi connectivity index (χ1v) is 5.29. The monoisotopic (exact) mass is 228 g/mol. The highest BCUT2D eigenvalue weighted by molar-refractivity contribution is 5.24. The van der Waals surface area contributed by atoms with Crippen molar-refractivity contribution < 1.29 is 18.6 Å². The first kappa shape index (κ1) is 11.5. The van der Waals surface area contributed by atoms with Crippen LogP contribution in [0, 0.1) is 11.6 Å². The number of benzene rings is 1. The van der Waals surface area contributed by atoms with E-state index in [1.807, 2.05) is 0 Å². The van der Waals surface area contributed by atoms with Gasteiger partial charge in [0, 0.05) is 6.42 Å². The molecule has 2 rings (SSSR count). The molecule has 2 nitrogen and oxygen atoms in total. The van der Waals surface area contributed by atoms with Gasteiger partial charge in [-0.2, -0.15) is 0 Å². The third-order valence-electron chi connectivity index (χ3n) is 3.03. The highest BCUT2D eigenvalue weighted by Crippen LogP contribution is 2.35. The van der Waals surface area contributed by atoms with Gasteiger partial charge in [-0.1, -0.05) is 6.07 Å². The summed E-state index contributed by atoms with van der Waals surface area (Å²) in [5, 5.41) is 9.58. The molecule has 1 aliphatic heterocycles. The summed E-state index contributed by atoms with van der Waals surface area (Å²) in [6.07, 6.45) is 0.531. The Labute approximate surface area is 92.9 Å². The number of hydrogen-bond donors (Lipinski definition) is 1. The summed E-state index contributed by atoms with van der Waals surface area (Å²) in [5.41, 5.74) is -0.170. The fourth-order valence-electron chi connectivity index (χ4n) is 2.06. The second-order valence-corrected chi connectivity index (χ2v) is 4.35. The third-order valence-corrected chi connectivity index (χ3v) is 3.03. The minimum absolute atomic E-state index is 0.401. The van der Waals surface area contributed by atoms with Crippen LogP contribution in [0.3, 0.4) is 0 Å². The van der Waals surface area contributed by atoms with Crippen LogP contribution < -0.4 is 0 Å². The maximum atomic E-state index is 13.1. The Balaban J connectivity index is 2.31. The molecule has 1 N–H and O–H groups in total. The molecule has 0 spiro atoms. The molecule has 0 bridgehead atoms. The van der Waals surface area contributed by atoms with Crippen molar-refractivity contribution in [1.29, 1.82) is 0 Å². The topological polar surface area (TPSA) is 29.5 Å². The molecule has 1 heterocycles.